The molecule has 0 fully saturated rings. The summed E-state index contributed by atoms with van der Waals surface area (Å²) in [6.45, 7) is 7.92. The largest absolute Gasteiger partial charge is 0.356 e. The predicted molar refractivity (Wildman–Crippen MR) is 125 cm³/mol. The van der Waals surface area contributed by atoms with Crippen molar-refractivity contribution in [2.75, 3.05) is 6.54 Å². The molecule has 0 saturated carbocycles. The van der Waals surface area contributed by atoms with Crippen LogP contribution in [0.3, 0.4) is 0 Å². The monoisotopic (exact) mass is 405 g/mol. The Morgan fingerprint density at radius 1 is 1.03 bits per heavy atom. The fourth-order valence-electron chi connectivity index (χ4n) is 4.09. The van der Waals surface area contributed by atoms with Gasteiger partial charge in [0.25, 0.3) is 0 Å². The van der Waals surface area contributed by atoms with Crippen LogP contribution in [0.1, 0.15) is 62.9 Å². The first-order valence-electron chi connectivity index (χ1n) is 11.4. The van der Waals surface area contributed by atoms with Gasteiger partial charge in [-0.05, 0) is 50.3 Å². The van der Waals surface area contributed by atoms with E-state index >= 15 is 0 Å². The molecular formula is C26H35N3O. The number of nitrogens with zero attached hydrogens (tertiary/aromatic N) is 2. The van der Waals surface area contributed by atoms with Crippen LogP contribution in [0.5, 0.6) is 0 Å². The maximum atomic E-state index is 12.1. The summed E-state index contributed by atoms with van der Waals surface area (Å²) in [5, 5.41) is 3.09. The maximum absolute atomic E-state index is 12.1. The number of benzene rings is 2. The molecule has 4 heteroatoms. The van der Waals surface area contributed by atoms with Crippen LogP contribution < -0.4 is 5.32 Å². The van der Waals surface area contributed by atoms with Gasteiger partial charge in [-0.2, -0.15) is 0 Å². The van der Waals surface area contributed by atoms with Crippen molar-refractivity contribution in [3.63, 3.8) is 0 Å². The summed E-state index contributed by atoms with van der Waals surface area (Å²) in [4.78, 5) is 17.0. The molecule has 0 aliphatic rings. The Morgan fingerprint density at radius 2 is 1.83 bits per heavy atom. The number of fused-ring (bicyclic) bond motifs is 1. The van der Waals surface area contributed by atoms with Crippen LogP contribution in [0.4, 0.5) is 0 Å². The molecule has 30 heavy (non-hydrogen) atoms. The molecule has 0 spiro atoms. The van der Waals surface area contributed by atoms with E-state index in [1.165, 1.54) is 16.6 Å². The molecule has 1 aromatic heterocycles. The highest BCUT2D eigenvalue weighted by molar-refractivity contribution is 5.78. The molecule has 0 aliphatic heterocycles. The molecule has 1 amide bonds. The Kier molecular flexibility index (Phi) is 8.06. The molecule has 160 valence electrons. The number of aryl methyl sites for hydroxylation is 2. The fourth-order valence-corrected chi connectivity index (χ4v) is 4.09. The Balaban J connectivity index is 1.57. The van der Waals surface area contributed by atoms with Gasteiger partial charge in [-0.25, -0.2) is 4.98 Å². The van der Waals surface area contributed by atoms with Crippen LogP contribution >= 0.6 is 0 Å². The highest BCUT2D eigenvalue weighted by Crippen LogP contribution is 2.20. The lowest BCUT2D eigenvalue weighted by molar-refractivity contribution is -0.125. The lowest BCUT2D eigenvalue weighted by Gasteiger charge is -2.12. The van der Waals surface area contributed by atoms with Gasteiger partial charge in [-0.1, -0.05) is 62.2 Å². The number of unbranched alkanes of at least 4 members (excludes halogenated alkanes) is 2. The van der Waals surface area contributed by atoms with Crippen molar-refractivity contribution in [2.24, 2.45) is 5.92 Å². The zero-order chi connectivity index (χ0) is 21.3. The average Bonchev–Trinajstić information content (AvgIpc) is 3.09. The third-order valence-electron chi connectivity index (χ3n) is 5.89. The van der Waals surface area contributed by atoms with Gasteiger partial charge in [0, 0.05) is 25.4 Å². The van der Waals surface area contributed by atoms with Crippen molar-refractivity contribution in [1.82, 2.24) is 14.9 Å². The molecule has 0 atom stereocenters. The number of imidazole rings is 1. The van der Waals surface area contributed by atoms with Crippen molar-refractivity contribution < 1.29 is 4.79 Å². The molecule has 4 nitrogen and oxygen atoms in total. The van der Waals surface area contributed by atoms with E-state index in [4.69, 9.17) is 4.98 Å². The number of carbonyl (C=O) groups is 1. The van der Waals surface area contributed by atoms with E-state index in [0.717, 1.165) is 63.0 Å². The second-order valence-electron chi connectivity index (χ2n) is 8.21. The first kappa shape index (κ1) is 22.1. The Bertz CT molecular complexity index is 956. The number of aromatic nitrogens is 2. The quantitative estimate of drug-likeness (QED) is 0.419. The number of para-hydroxylation sites is 2. The highest BCUT2D eigenvalue weighted by Gasteiger charge is 2.13. The number of hydrogen-bond donors (Lipinski definition) is 1. The molecule has 3 aromatic rings. The van der Waals surface area contributed by atoms with Gasteiger partial charge < -0.3 is 9.88 Å². The van der Waals surface area contributed by atoms with Crippen LogP contribution in [-0.2, 0) is 17.8 Å². The number of hydrogen-bond acceptors (Lipinski definition) is 2. The second kappa shape index (κ2) is 11.0. The van der Waals surface area contributed by atoms with Crippen molar-refractivity contribution in [3.05, 3.63) is 65.5 Å². The number of nitrogens with one attached hydrogen (secondary N) is 1. The van der Waals surface area contributed by atoms with Gasteiger partial charge in [0.2, 0.25) is 5.91 Å². The summed E-state index contributed by atoms with van der Waals surface area (Å²) in [5.74, 6) is 1.52. The van der Waals surface area contributed by atoms with Gasteiger partial charge in [0.05, 0.1) is 11.0 Å². The number of carbonyl (C=O) groups excluding carboxylic acids is 1. The molecule has 1 heterocycles. The molecule has 0 saturated heterocycles. The third kappa shape index (κ3) is 5.71. The Morgan fingerprint density at radius 3 is 2.60 bits per heavy atom. The molecular weight excluding hydrogens is 370 g/mol. The van der Waals surface area contributed by atoms with Gasteiger partial charge in [0.1, 0.15) is 5.82 Å². The van der Waals surface area contributed by atoms with Gasteiger partial charge in [0.15, 0.2) is 0 Å². The summed E-state index contributed by atoms with van der Waals surface area (Å²) >= 11 is 0. The van der Waals surface area contributed by atoms with E-state index in [2.05, 4.69) is 79.2 Å². The smallest absolute Gasteiger partial charge is 0.223 e. The van der Waals surface area contributed by atoms with E-state index in [-0.39, 0.29) is 11.8 Å². The zero-order valence-corrected chi connectivity index (χ0v) is 18.7. The highest BCUT2D eigenvalue weighted by atomic mass is 16.1. The second-order valence-corrected chi connectivity index (χ2v) is 8.21. The van der Waals surface area contributed by atoms with Crippen molar-refractivity contribution in [3.8, 4) is 0 Å². The Hall–Kier alpha value is -2.62. The topological polar surface area (TPSA) is 46.9 Å². The molecule has 0 aliphatic carbocycles. The van der Waals surface area contributed by atoms with Crippen molar-refractivity contribution in [1.29, 1.82) is 0 Å². The van der Waals surface area contributed by atoms with Crippen molar-refractivity contribution >= 4 is 16.9 Å². The maximum Gasteiger partial charge on any atom is 0.223 e. The van der Waals surface area contributed by atoms with Crippen LogP contribution in [0, 0.1) is 12.8 Å². The number of amides is 1. The molecule has 1 N–H and O–H groups in total. The SMILES string of the molecule is CCC(CC)C(=O)NCCCCCc1nc2ccccc2n1Cc1cccc(C)c1. The normalized spacial score (nSPS) is 11.3. The fraction of sp³-hybridized carbons (Fsp3) is 0.462. The van der Waals surface area contributed by atoms with E-state index in [1.54, 1.807) is 0 Å². The van der Waals surface area contributed by atoms with Crippen LogP contribution in [0.25, 0.3) is 11.0 Å². The van der Waals surface area contributed by atoms with Crippen molar-refractivity contribution in [2.45, 2.75) is 65.8 Å². The summed E-state index contributed by atoms with van der Waals surface area (Å²) in [6, 6.07) is 17.1. The lowest BCUT2D eigenvalue weighted by Crippen LogP contribution is -2.30. The van der Waals surface area contributed by atoms with Gasteiger partial charge in [-0.15, -0.1) is 0 Å². The summed E-state index contributed by atoms with van der Waals surface area (Å²) in [7, 11) is 0. The third-order valence-corrected chi connectivity index (χ3v) is 5.89. The first-order chi connectivity index (χ1) is 14.6. The first-order valence-corrected chi connectivity index (χ1v) is 11.4. The van der Waals surface area contributed by atoms with Gasteiger partial charge in [-0.3, -0.25) is 4.79 Å². The molecule has 0 unspecified atom stereocenters. The summed E-state index contributed by atoms with van der Waals surface area (Å²) in [5.41, 5.74) is 4.86. The standard InChI is InChI=1S/C26H35N3O/c1-4-22(5-2)26(30)27-17-10-6-7-16-25-28-23-14-8-9-15-24(23)29(25)19-21-13-11-12-20(3)18-21/h8-9,11-15,18,22H,4-7,10,16-17,19H2,1-3H3,(H,27,30). The molecule has 2 aromatic carbocycles. The summed E-state index contributed by atoms with van der Waals surface area (Å²) in [6.07, 6.45) is 5.98. The summed E-state index contributed by atoms with van der Waals surface area (Å²) < 4.78 is 2.36. The Labute approximate surface area is 180 Å². The molecule has 3 rings (SSSR count). The van der Waals surface area contributed by atoms with Gasteiger partial charge >= 0.3 is 0 Å². The molecule has 0 radical (unpaired) electrons. The van der Waals surface area contributed by atoms with Crippen LogP contribution in [-0.4, -0.2) is 22.0 Å². The van der Waals surface area contributed by atoms with E-state index in [1.807, 2.05) is 0 Å². The van der Waals surface area contributed by atoms with Crippen LogP contribution in [0.2, 0.25) is 0 Å². The average molecular weight is 406 g/mol. The molecule has 0 bridgehead atoms. The van der Waals surface area contributed by atoms with E-state index in [9.17, 15) is 4.79 Å². The minimum absolute atomic E-state index is 0.159. The van der Waals surface area contributed by atoms with E-state index in [0.29, 0.717) is 0 Å². The lowest BCUT2D eigenvalue weighted by atomic mass is 10.0. The predicted octanol–water partition coefficient (Wildman–Crippen LogP) is 5.66. The number of rotatable bonds is 11. The van der Waals surface area contributed by atoms with E-state index < -0.39 is 0 Å². The zero-order valence-electron chi connectivity index (χ0n) is 18.7. The van der Waals surface area contributed by atoms with Crippen LogP contribution in [0.15, 0.2) is 48.5 Å². The minimum Gasteiger partial charge on any atom is -0.356 e. The minimum atomic E-state index is 0.159.